The van der Waals surface area contributed by atoms with E-state index in [1.54, 1.807) is 4.90 Å². The fourth-order valence-corrected chi connectivity index (χ4v) is 2.95. The van der Waals surface area contributed by atoms with Gasteiger partial charge in [-0.15, -0.1) is 0 Å². The molecule has 158 valence electrons. The van der Waals surface area contributed by atoms with Crippen molar-refractivity contribution in [1.82, 2.24) is 4.90 Å². The normalized spacial score (nSPS) is 13.7. The second-order valence-electron chi connectivity index (χ2n) is 8.47. The van der Waals surface area contributed by atoms with Crippen molar-refractivity contribution in [3.05, 3.63) is 35.9 Å². The molecule has 0 aliphatic heterocycles. The minimum Gasteiger partial charge on any atom is -0.469 e. The monoisotopic (exact) mass is 393 g/mol. The maximum Gasteiger partial charge on any atom is 0.410 e. The number of rotatable bonds is 9. The van der Waals surface area contributed by atoms with Crippen LogP contribution in [0.5, 0.6) is 0 Å². The summed E-state index contributed by atoms with van der Waals surface area (Å²) in [5, 5.41) is 10.8. The zero-order valence-corrected chi connectivity index (χ0v) is 18.0. The highest BCUT2D eigenvalue weighted by Gasteiger charge is 2.33. The van der Waals surface area contributed by atoms with Crippen molar-refractivity contribution in [3.8, 4) is 0 Å². The summed E-state index contributed by atoms with van der Waals surface area (Å²) >= 11 is 0. The number of methoxy groups -OCH3 is 1. The first-order valence-electron chi connectivity index (χ1n) is 9.82. The number of aliphatic hydroxyl groups excluding tert-OH is 1. The van der Waals surface area contributed by atoms with Crippen LogP contribution in [0.25, 0.3) is 0 Å². The van der Waals surface area contributed by atoms with Crippen LogP contribution in [0.3, 0.4) is 0 Å². The van der Waals surface area contributed by atoms with Gasteiger partial charge in [-0.25, -0.2) is 4.79 Å². The minimum absolute atomic E-state index is 0.0970. The largest absolute Gasteiger partial charge is 0.469 e. The molecule has 0 aliphatic rings. The molecule has 0 spiro atoms. The SMILES string of the molecule is COC(=O)CC[C@H](O)[C@H](CC(C)C)N(Cc1ccccc1)C(=O)OC(C)(C)C. The summed E-state index contributed by atoms with van der Waals surface area (Å²) in [4.78, 5) is 26.1. The Hall–Kier alpha value is -2.08. The molecule has 0 saturated carbocycles. The molecule has 0 bridgehead atoms. The average molecular weight is 394 g/mol. The fourth-order valence-electron chi connectivity index (χ4n) is 2.95. The van der Waals surface area contributed by atoms with E-state index in [0.29, 0.717) is 13.0 Å². The van der Waals surface area contributed by atoms with Crippen LogP contribution in [-0.4, -0.2) is 46.9 Å². The van der Waals surface area contributed by atoms with E-state index in [9.17, 15) is 14.7 Å². The molecule has 0 saturated heterocycles. The Morgan fingerprint density at radius 2 is 1.75 bits per heavy atom. The van der Waals surface area contributed by atoms with Gasteiger partial charge in [-0.2, -0.15) is 0 Å². The molecule has 0 radical (unpaired) electrons. The van der Waals surface area contributed by atoms with Gasteiger partial charge in [-0.05, 0) is 45.1 Å². The molecule has 0 aliphatic carbocycles. The van der Waals surface area contributed by atoms with Crippen molar-refractivity contribution in [2.24, 2.45) is 5.92 Å². The van der Waals surface area contributed by atoms with Crippen molar-refractivity contribution >= 4 is 12.1 Å². The minimum atomic E-state index is -0.863. The van der Waals surface area contributed by atoms with Gasteiger partial charge in [0.1, 0.15) is 5.60 Å². The molecule has 0 fully saturated rings. The lowest BCUT2D eigenvalue weighted by Gasteiger charge is -2.37. The van der Waals surface area contributed by atoms with E-state index >= 15 is 0 Å². The molecule has 1 N–H and O–H groups in total. The summed E-state index contributed by atoms with van der Waals surface area (Å²) < 4.78 is 10.3. The standard InChI is InChI=1S/C22H35NO5/c1-16(2)14-18(19(24)12-13-20(25)27-6)23(21(26)28-22(3,4)5)15-17-10-8-7-9-11-17/h7-11,16,18-19,24H,12-15H2,1-6H3/t18-,19-/m0/s1. The molecule has 1 aromatic rings. The van der Waals surface area contributed by atoms with E-state index in [0.717, 1.165) is 5.56 Å². The molecule has 2 atom stereocenters. The van der Waals surface area contributed by atoms with Gasteiger partial charge < -0.3 is 14.6 Å². The molecular formula is C22H35NO5. The summed E-state index contributed by atoms with van der Waals surface area (Å²) in [6.07, 6.45) is -0.427. The van der Waals surface area contributed by atoms with E-state index in [4.69, 9.17) is 4.74 Å². The smallest absolute Gasteiger partial charge is 0.410 e. The Labute approximate surface area is 168 Å². The van der Waals surface area contributed by atoms with Crippen LogP contribution in [0, 0.1) is 5.92 Å². The quantitative estimate of drug-likeness (QED) is 0.638. The zero-order chi connectivity index (χ0) is 21.3. The van der Waals surface area contributed by atoms with Gasteiger partial charge in [0.15, 0.2) is 0 Å². The molecular weight excluding hydrogens is 358 g/mol. The maximum absolute atomic E-state index is 13.0. The van der Waals surface area contributed by atoms with Gasteiger partial charge in [-0.1, -0.05) is 44.2 Å². The Morgan fingerprint density at radius 1 is 1.14 bits per heavy atom. The second kappa shape index (κ2) is 11.1. The summed E-state index contributed by atoms with van der Waals surface area (Å²) in [5.74, 6) is -0.132. The molecule has 1 aromatic carbocycles. The molecule has 0 unspecified atom stereocenters. The third-order valence-corrected chi connectivity index (χ3v) is 4.25. The zero-order valence-electron chi connectivity index (χ0n) is 18.0. The van der Waals surface area contributed by atoms with Crippen LogP contribution in [0.1, 0.15) is 59.4 Å². The Balaban J connectivity index is 3.12. The average Bonchev–Trinajstić information content (AvgIpc) is 2.61. The molecule has 1 amide bonds. The first-order valence-corrected chi connectivity index (χ1v) is 9.82. The Kier molecular flexibility index (Phi) is 9.46. The molecule has 0 heterocycles. The predicted molar refractivity (Wildman–Crippen MR) is 109 cm³/mol. The van der Waals surface area contributed by atoms with Gasteiger partial charge in [-0.3, -0.25) is 9.69 Å². The highest BCUT2D eigenvalue weighted by atomic mass is 16.6. The summed E-state index contributed by atoms with van der Waals surface area (Å²) in [6, 6.07) is 9.13. The van der Waals surface area contributed by atoms with Crippen molar-refractivity contribution in [2.45, 2.75) is 78.2 Å². The van der Waals surface area contributed by atoms with Crippen LogP contribution in [0.2, 0.25) is 0 Å². The number of aliphatic hydroxyl groups is 1. The lowest BCUT2D eigenvalue weighted by molar-refractivity contribution is -0.141. The Morgan fingerprint density at radius 3 is 2.25 bits per heavy atom. The van der Waals surface area contributed by atoms with Crippen LogP contribution in [0.4, 0.5) is 4.79 Å². The van der Waals surface area contributed by atoms with Crippen molar-refractivity contribution in [2.75, 3.05) is 7.11 Å². The molecule has 0 aromatic heterocycles. The molecule has 1 rings (SSSR count). The van der Waals surface area contributed by atoms with E-state index in [1.807, 2.05) is 65.0 Å². The lowest BCUT2D eigenvalue weighted by atomic mass is 9.94. The third-order valence-electron chi connectivity index (χ3n) is 4.25. The molecule has 6 nitrogen and oxygen atoms in total. The first-order chi connectivity index (χ1) is 13.0. The van der Waals surface area contributed by atoms with Crippen molar-refractivity contribution in [1.29, 1.82) is 0 Å². The van der Waals surface area contributed by atoms with Crippen LogP contribution >= 0.6 is 0 Å². The van der Waals surface area contributed by atoms with Crippen molar-refractivity contribution in [3.63, 3.8) is 0 Å². The van der Waals surface area contributed by atoms with Gasteiger partial charge >= 0.3 is 12.1 Å². The summed E-state index contributed by atoms with van der Waals surface area (Å²) in [5.41, 5.74) is 0.299. The van der Waals surface area contributed by atoms with Crippen LogP contribution in [-0.2, 0) is 20.8 Å². The van der Waals surface area contributed by atoms with Crippen molar-refractivity contribution < 1.29 is 24.2 Å². The number of ether oxygens (including phenoxy) is 2. The third kappa shape index (κ3) is 8.74. The van der Waals surface area contributed by atoms with E-state index in [2.05, 4.69) is 4.74 Å². The fraction of sp³-hybridized carbons (Fsp3) is 0.636. The van der Waals surface area contributed by atoms with E-state index < -0.39 is 23.8 Å². The number of hydrogen-bond acceptors (Lipinski definition) is 5. The first kappa shape index (κ1) is 24.0. The van der Waals surface area contributed by atoms with Gasteiger partial charge in [0.2, 0.25) is 0 Å². The second-order valence-corrected chi connectivity index (χ2v) is 8.47. The topological polar surface area (TPSA) is 76.1 Å². The lowest BCUT2D eigenvalue weighted by Crippen LogP contribution is -2.49. The highest BCUT2D eigenvalue weighted by molar-refractivity contribution is 5.69. The van der Waals surface area contributed by atoms with Gasteiger partial charge in [0.25, 0.3) is 0 Å². The van der Waals surface area contributed by atoms with E-state index in [-0.39, 0.29) is 24.7 Å². The van der Waals surface area contributed by atoms with Crippen LogP contribution < -0.4 is 0 Å². The molecule has 28 heavy (non-hydrogen) atoms. The number of nitrogens with zero attached hydrogens (tertiary/aromatic N) is 1. The van der Waals surface area contributed by atoms with Gasteiger partial charge in [0.05, 0.1) is 19.3 Å². The maximum atomic E-state index is 13.0. The number of esters is 1. The summed E-state index contributed by atoms with van der Waals surface area (Å²) in [6.45, 7) is 9.85. The molecule has 6 heteroatoms. The summed E-state index contributed by atoms with van der Waals surface area (Å²) in [7, 11) is 1.32. The number of carbonyl (C=O) groups is 2. The van der Waals surface area contributed by atoms with Gasteiger partial charge in [0, 0.05) is 13.0 Å². The van der Waals surface area contributed by atoms with Crippen LogP contribution in [0.15, 0.2) is 30.3 Å². The Bertz CT molecular complexity index is 609. The predicted octanol–water partition coefficient (Wildman–Crippen LogP) is 4.15. The number of benzene rings is 1. The number of hydrogen-bond donors (Lipinski definition) is 1. The van der Waals surface area contributed by atoms with E-state index in [1.165, 1.54) is 7.11 Å². The highest BCUT2D eigenvalue weighted by Crippen LogP contribution is 2.23. The number of amides is 1. The number of carbonyl (C=O) groups excluding carboxylic acids is 2.